The maximum Gasteiger partial charge on any atom is 0.0568 e. The highest BCUT2D eigenvalue weighted by Gasteiger charge is 2.47. The fraction of sp³-hybridized carbons (Fsp3) is 0.750. The third-order valence-electron chi connectivity index (χ3n) is 4.68. The SMILES string of the molecule is CC1CC(CN)(N(Cc2cccs2)C2CC2)CC(C)O1. The first kappa shape index (κ1) is 14.5. The molecule has 20 heavy (non-hydrogen) atoms. The van der Waals surface area contributed by atoms with Crippen LogP contribution >= 0.6 is 11.3 Å². The smallest absolute Gasteiger partial charge is 0.0568 e. The first-order chi connectivity index (χ1) is 9.63. The monoisotopic (exact) mass is 294 g/mol. The van der Waals surface area contributed by atoms with Crippen LogP contribution < -0.4 is 5.73 Å². The molecule has 3 nitrogen and oxygen atoms in total. The van der Waals surface area contributed by atoms with Gasteiger partial charge in [0.2, 0.25) is 0 Å². The maximum atomic E-state index is 6.26. The lowest BCUT2D eigenvalue weighted by Crippen LogP contribution is -2.60. The van der Waals surface area contributed by atoms with E-state index in [4.69, 9.17) is 10.5 Å². The van der Waals surface area contributed by atoms with E-state index >= 15 is 0 Å². The molecule has 0 radical (unpaired) electrons. The van der Waals surface area contributed by atoms with Crippen molar-refractivity contribution in [2.45, 2.75) is 69.9 Å². The van der Waals surface area contributed by atoms with E-state index in [-0.39, 0.29) is 5.54 Å². The van der Waals surface area contributed by atoms with Crippen LogP contribution in [-0.2, 0) is 11.3 Å². The highest BCUT2D eigenvalue weighted by atomic mass is 32.1. The van der Waals surface area contributed by atoms with Gasteiger partial charge in [0.15, 0.2) is 0 Å². The van der Waals surface area contributed by atoms with E-state index < -0.39 is 0 Å². The van der Waals surface area contributed by atoms with Gasteiger partial charge in [-0.25, -0.2) is 0 Å². The summed E-state index contributed by atoms with van der Waals surface area (Å²) in [6, 6.07) is 5.13. The fourth-order valence-corrected chi connectivity index (χ4v) is 4.51. The Morgan fingerprint density at radius 1 is 1.35 bits per heavy atom. The number of ether oxygens (including phenoxy) is 1. The summed E-state index contributed by atoms with van der Waals surface area (Å²) in [6.45, 7) is 6.18. The van der Waals surface area contributed by atoms with Crippen molar-refractivity contribution in [1.29, 1.82) is 0 Å². The molecule has 1 saturated heterocycles. The van der Waals surface area contributed by atoms with E-state index in [0.717, 1.165) is 32.0 Å². The van der Waals surface area contributed by atoms with Crippen molar-refractivity contribution < 1.29 is 4.74 Å². The lowest BCUT2D eigenvalue weighted by atomic mass is 9.82. The van der Waals surface area contributed by atoms with E-state index in [1.54, 1.807) is 0 Å². The van der Waals surface area contributed by atoms with E-state index in [0.29, 0.717) is 12.2 Å². The Bertz CT molecular complexity index is 420. The predicted octanol–water partition coefficient (Wildman–Crippen LogP) is 3.00. The summed E-state index contributed by atoms with van der Waals surface area (Å²) < 4.78 is 5.95. The van der Waals surface area contributed by atoms with Gasteiger partial charge < -0.3 is 10.5 Å². The van der Waals surface area contributed by atoms with Gasteiger partial charge in [-0.1, -0.05) is 6.07 Å². The summed E-state index contributed by atoms with van der Waals surface area (Å²) in [5.41, 5.74) is 6.39. The van der Waals surface area contributed by atoms with Gasteiger partial charge in [0, 0.05) is 29.5 Å². The van der Waals surface area contributed by atoms with Crippen LogP contribution in [0.5, 0.6) is 0 Å². The summed E-state index contributed by atoms with van der Waals surface area (Å²) in [7, 11) is 0. The third kappa shape index (κ3) is 2.93. The molecule has 0 aromatic carbocycles. The second-order valence-electron chi connectivity index (χ2n) is 6.53. The Hall–Kier alpha value is -0.420. The van der Waals surface area contributed by atoms with Crippen LogP contribution in [0.25, 0.3) is 0 Å². The van der Waals surface area contributed by atoms with Crippen LogP contribution in [0.1, 0.15) is 44.4 Å². The Kier molecular flexibility index (Phi) is 4.18. The Morgan fingerprint density at radius 3 is 2.55 bits per heavy atom. The topological polar surface area (TPSA) is 38.5 Å². The van der Waals surface area contributed by atoms with Gasteiger partial charge >= 0.3 is 0 Å². The molecule has 3 rings (SSSR count). The molecule has 2 atom stereocenters. The molecule has 0 amide bonds. The van der Waals surface area contributed by atoms with Crippen molar-refractivity contribution in [1.82, 2.24) is 4.90 Å². The molecule has 1 aliphatic carbocycles. The van der Waals surface area contributed by atoms with Crippen LogP contribution in [-0.4, -0.2) is 35.2 Å². The largest absolute Gasteiger partial charge is 0.375 e. The van der Waals surface area contributed by atoms with E-state index in [2.05, 4.69) is 36.3 Å². The Balaban J connectivity index is 1.83. The summed E-state index contributed by atoms with van der Waals surface area (Å²) in [6.07, 6.45) is 5.41. The zero-order chi connectivity index (χ0) is 14.2. The molecular formula is C16H26N2OS. The minimum atomic E-state index is 0.127. The summed E-state index contributed by atoms with van der Waals surface area (Å²) in [5.74, 6) is 0. The summed E-state index contributed by atoms with van der Waals surface area (Å²) in [5, 5.41) is 2.17. The Labute approximate surface area is 126 Å². The maximum absolute atomic E-state index is 6.26. The minimum Gasteiger partial charge on any atom is -0.375 e. The zero-order valence-electron chi connectivity index (χ0n) is 12.5. The van der Waals surface area contributed by atoms with E-state index in [1.807, 2.05) is 11.3 Å². The lowest BCUT2D eigenvalue weighted by molar-refractivity contribution is -0.108. The quantitative estimate of drug-likeness (QED) is 0.907. The van der Waals surface area contributed by atoms with Crippen molar-refractivity contribution in [3.63, 3.8) is 0 Å². The molecule has 1 aromatic heterocycles. The molecule has 2 heterocycles. The number of hydrogen-bond donors (Lipinski definition) is 1. The highest BCUT2D eigenvalue weighted by molar-refractivity contribution is 7.09. The number of hydrogen-bond acceptors (Lipinski definition) is 4. The second kappa shape index (κ2) is 5.76. The van der Waals surface area contributed by atoms with Gasteiger partial charge in [-0.2, -0.15) is 0 Å². The first-order valence-corrected chi connectivity index (χ1v) is 8.65. The standard InChI is InChI=1S/C16H26N2OS/c1-12-8-16(11-17,9-13(2)19-12)18(14-5-6-14)10-15-4-3-7-20-15/h3-4,7,12-14H,5-6,8-11,17H2,1-2H3. The van der Waals surface area contributed by atoms with Crippen molar-refractivity contribution in [3.8, 4) is 0 Å². The van der Waals surface area contributed by atoms with E-state index in [1.165, 1.54) is 17.7 Å². The predicted molar refractivity (Wildman–Crippen MR) is 83.9 cm³/mol. The molecule has 2 N–H and O–H groups in total. The molecule has 1 saturated carbocycles. The van der Waals surface area contributed by atoms with Gasteiger partial charge in [0.1, 0.15) is 0 Å². The molecular weight excluding hydrogens is 268 g/mol. The number of nitrogens with zero attached hydrogens (tertiary/aromatic N) is 1. The number of nitrogens with two attached hydrogens (primary N) is 1. The molecule has 1 aliphatic heterocycles. The number of thiophene rings is 1. The molecule has 4 heteroatoms. The van der Waals surface area contributed by atoms with Gasteiger partial charge in [0.05, 0.1) is 12.2 Å². The first-order valence-electron chi connectivity index (χ1n) is 7.77. The van der Waals surface area contributed by atoms with Crippen molar-refractivity contribution in [3.05, 3.63) is 22.4 Å². The van der Waals surface area contributed by atoms with Crippen molar-refractivity contribution in [2.24, 2.45) is 5.73 Å². The van der Waals surface area contributed by atoms with Crippen LogP contribution in [0.4, 0.5) is 0 Å². The van der Waals surface area contributed by atoms with Gasteiger partial charge in [0.25, 0.3) is 0 Å². The molecule has 1 aromatic rings. The minimum absolute atomic E-state index is 0.127. The fourth-order valence-electron chi connectivity index (χ4n) is 3.81. The van der Waals surface area contributed by atoms with Gasteiger partial charge in [-0.3, -0.25) is 4.90 Å². The van der Waals surface area contributed by atoms with Crippen LogP contribution in [0, 0.1) is 0 Å². The average Bonchev–Trinajstić information content (AvgIpc) is 3.11. The third-order valence-corrected chi connectivity index (χ3v) is 5.54. The van der Waals surface area contributed by atoms with Crippen LogP contribution in [0.15, 0.2) is 17.5 Å². The highest BCUT2D eigenvalue weighted by Crippen LogP contribution is 2.41. The molecule has 2 unspecified atom stereocenters. The summed E-state index contributed by atoms with van der Waals surface area (Å²) in [4.78, 5) is 4.16. The zero-order valence-corrected chi connectivity index (χ0v) is 13.4. The summed E-state index contributed by atoms with van der Waals surface area (Å²) >= 11 is 1.86. The van der Waals surface area contributed by atoms with Gasteiger partial charge in [-0.05, 0) is 51.0 Å². The normalized spacial score (nSPS) is 34.6. The lowest BCUT2D eigenvalue weighted by Gasteiger charge is -2.49. The van der Waals surface area contributed by atoms with Crippen LogP contribution in [0.3, 0.4) is 0 Å². The second-order valence-corrected chi connectivity index (χ2v) is 7.56. The molecule has 112 valence electrons. The number of rotatable bonds is 5. The molecule has 0 bridgehead atoms. The van der Waals surface area contributed by atoms with Crippen molar-refractivity contribution in [2.75, 3.05) is 6.54 Å². The molecule has 0 spiro atoms. The van der Waals surface area contributed by atoms with E-state index in [9.17, 15) is 0 Å². The van der Waals surface area contributed by atoms with Gasteiger partial charge in [-0.15, -0.1) is 11.3 Å². The van der Waals surface area contributed by atoms with Crippen LogP contribution in [0.2, 0.25) is 0 Å². The average molecular weight is 294 g/mol. The molecule has 2 aliphatic rings. The Morgan fingerprint density at radius 2 is 2.05 bits per heavy atom. The molecule has 2 fully saturated rings. The van der Waals surface area contributed by atoms with Crippen molar-refractivity contribution >= 4 is 11.3 Å².